The molecule has 728 valence electrons. The van der Waals surface area contributed by atoms with Gasteiger partial charge in [0.15, 0.2) is 16.9 Å². The first kappa shape index (κ1) is 107. The molecule has 0 saturated carbocycles. The second kappa shape index (κ2) is 46.9. The van der Waals surface area contributed by atoms with Crippen LogP contribution >= 0.6 is 54.5 Å². The van der Waals surface area contributed by atoms with Crippen LogP contribution in [0.1, 0.15) is 66.7 Å². The largest absolute Gasteiger partial charge is 0.444 e. The summed E-state index contributed by atoms with van der Waals surface area (Å²) in [6.45, 7) is 10.8. The molecule has 0 bridgehead atoms. The molecular formula is C97H95Br2IN16O18S6. The van der Waals surface area contributed by atoms with Crippen LogP contribution in [0.4, 0.5) is 4.79 Å². The van der Waals surface area contributed by atoms with Crippen molar-refractivity contribution < 1.29 is 80.5 Å². The number of carbonyl (C=O) groups is 1. The number of hydrogen-bond donors (Lipinski definition) is 12. The number of hydrogen-bond acceptors (Lipinski definition) is 25. The fourth-order valence-corrected chi connectivity index (χ4v) is 23.4. The molecule has 0 spiro atoms. The van der Waals surface area contributed by atoms with Gasteiger partial charge in [-0.05, 0) is 293 Å². The van der Waals surface area contributed by atoms with Crippen LogP contribution in [0.5, 0.6) is 0 Å². The Bertz CT molecular complexity index is 8180. The minimum Gasteiger partial charge on any atom is -0.444 e. The van der Waals surface area contributed by atoms with E-state index >= 15 is 0 Å². The van der Waals surface area contributed by atoms with Gasteiger partial charge in [0.25, 0.3) is 30.1 Å². The first-order valence-electron chi connectivity index (χ1n) is 42.6. The second-order valence-electron chi connectivity index (χ2n) is 31.6. The van der Waals surface area contributed by atoms with Crippen molar-refractivity contribution in [1.82, 2.24) is 66.3 Å². The number of sulfonamides is 3. The minimum atomic E-state index is -4.10. The summed E-state index contributed by atoms with van der Waals surface area (Å²) >= 11 is 8.84. The van der Waals surface area contributed by atoms with E-state index in [1.807, 2.05) is 67.6 Å². The number of H-pyrrole nitrogens is 2. The number of aliphatic hydroxyl groups is 4. The highest BCUT2D eigenvalue weighted by Gasteiger charge is 2.30. The van der Waals surface area contributed by atoms with Crippen molar-refractivity contribution in [2.24, 2.45) is 11.5 Å². The lowest BCUT2D eigenvalue weighted by Gasteiger charge is -2.19. The SMILES string of the molecule is Cc1ccc(S(=O)(=O)n2c(C#CCO)cc3c(-c4ccc(S(=O)(=O)NCCNC(=O)OC(C)(C)C)cc4)ccnc32)cc1.Cc1ccc(S(=O)(=O)n2c(C#CCO)cc3c(Br)ccnc32)cc1.Cc1ccc(S(=O)(=O)n2c(I)cc3c(Br)ccnc32)cc1.NCCNS(=O)(=O)c1ccc(-c2ccnc3[nH]c(C#CCO)cc23)cc1.NCCNS(=O)(=O)c1ccc(-c2ccnc3[nH]c(CCCO)cc23)cc1. The molecule has 0 atom stereocenters. The highest BCUT2D eigenvalue weighted by atomic mass is 127. The molecule has 0 saturated heterocycles. The minimum absolute atomic E-state index is 0.00726. The van der Waals surface area contributed by atoms with Crippen LogP contribution in [-0.2, 0) is 71.3 Å². The molecule has 0 radical (unpaired) electrons. The lowest BCUT2D eigenvalue weighted by Crippen LogP contribution is -2.37. The molecule has 16 rings (SSSR count). The van der Waals surface area contributed by atoms with Crippen molar-refractivity contribution in [3.05, 3.63) is 289 Å². The van der Waals surface area contributed by atoms with Gasteiger partial charge in [0.1, 0.15) is 48.1 Å². The fourth-order valence-electron chi connectivity index (χ4n) is 13.9. The summed E-state index contributed by atoms with van der Waals surface area (Å²) in [7, 11) is -22.6. The number of benzene rings is 6. The van der Waals surface area contributed by atoms with E-state index in [0.29, 0.717) is 49.0 Å². The van der Waals surface area contributed by atoms with E-state index in [2.05, 4.69) is 122 Å². The number of amides is 1. The second-order valence-corrected chi connectivity index (χ2v) is 45.1. The van der Waals surface area contributed by atoms with E-state index in [-0.39, 0.29) is 111 Å². The maximum absolute atomic E-state index is 13.7. The Kier molecular flexibility index (Phi) is 35.7. The summed E-state index contributed by atoms with van der Waals surface area (Å²) in [5, 5.41) is 42.2. The van der Waals surface area contributed by atoms with Gasteiger partial charge in [-0.25, -0.2) is 106 Å². The Morgan fingerprint density at radius 2 is 0.771 bits per heavy atom. The van der Waals surface area contributed by atoms with Crippen molar-refractivity contribution in [3.63, 3.8) is 0 Å². The molecule has 1 amide bonds. The first-order chi connectivity index (χ1) is 66.7. The topological polar surface area (TPSA) is 523 Å². The Morgan fingerprint density at radius 1 is 0.421 bits per heavy atom. The summed E-state index contributed by atoms with van der Waals surface area (Å²) in [5.74, 6) is 15.8. The van der Waals surface area contributed by atoms with E-state index in [1.54, 1.807) is 197 Å². The number of carbonyl (C=O) groups excluding carboxylic acids is 1. The molecule has 0 fully saturated rings. The number of halogens is 3. The molecule has 34 nitrogen and oxygen atoms in total. The zero-order valence-corrected chi connectivity index (χ0v) is 86.1. The molecule has 10 aromatic heterocycles. The predicted octanol–water partition coefficient (Wildman–Crippen LogP) is 12.2. The first-order valence-corrected chi connectivity index (χ1v) is 54.1. The summed E-state index contributed by atoms with van der Waals surface area (Å²) in [5.41, 5.74) is 22.1. The highest BCUT2D eigenvalue weighted by Crippen LogP contribution is 2.37. The third-order valence-corrected chi connectivity index (χ3v) is 32.6. The van der Waals surface area contributed by atoms with Crippen LogP contribution in [0.2, 0.25) is 0 Å². The summed E-state index contributed by atoms with van der Waals surface area (Å²) in [6, 6.07) is 57.1. The average Bonchev–Trinajstić information content (AvgIpc) is 1.60. The molecule has 6 aromatic carbocycles. The number of rotatable bonds is 25. The third-order valence-electron chi connectivity index (χ3n) is 20.5. The summed E-state index contributed by atoms with van der Waals surface area (Å²) in [4.78, 5) is 40.4. The maximum atomic E-state index is 13.7. The van der Waals surface area contributed by atoms with Gasteiger partial charge in [0.2, 0.25) is 30.1 Å². The zero-order valence-electron chi connectivity index (χ0n) is 75.8. The van der Waals surface area contributed by atoms with Crippen LogP contribution in [0.25, 0.3) is 88.5 Å². The van der Waals surface area contributed by atoms with Crippen molar-refractivity contribution in [2.75, 3.05) is 65.7 Å². The van der Waals surface area contributed by atoms with E-state index < -0.39 is 78.4 Å². The lowest BCUT2D eigenvalue weighted by atomic mass is 10.0. The van der Waals surface area contributed by atoms with E-state index in [1.165, 1.54) is 40.6 Å². The van der Waals surface area contributed by atoms with Crippen LogP contribution in [0, 0.1) is 60.0 Å². The Labute approximate surface area is 840 Å². The number of aromatic amines is 2. The number of nitrogens with one attached hydrogen (secondary N) is 6. The summed E-state index contributed by atoms with van der Waals surface area (Å²) in [6.07, 6.45) is 8.75. The van der Waals surface area contributed by atoms with Gasteiger partial charge in [-0.3, -0.25) is 0 Å². The van der Waals surface area contributed by atoms with Crippen LogP contribution in [0.15, 0.2) is 276 Å². The van der Waals surface area contributed by atoms with Gasteiger partial charge in [0, 0.05) is 118 Å². The molecule has 16 aromatic rings. The summed E-state index contributed by atoms with van der Waals surface area (Å²) < 4.78 is 172. The van der Waals surface area contributed by atoms with Gasteiger partial charge < -0.3 is 51.9 Å². The van der Waals surface area contributed by atoms with Gasteiger partial charge in [-0.1, -0.05) is 107 Å². The third kappa shape index (κ3) is 25.9. The van der Waals surface area contributed by atoms with E-state index in [9.17, 15) is 60.4 Å². The molecule has 0 aliphatic heterocycles. The van der Waals surface area contributed by atoms with Gasteiger partial charge in [-0.2, -0.15) is 0 Å². The molecule has 140 heavy (non-hydrogen) atoms. The number of nitrogens with zero attached hydrogens (tertiary/aromatic N) is 8. The highest BCUT2D eigenvalue weighted by molar-refractivity contribution is 14.1. The number of aromatic nitrogens is 10. The van der Waals surface area contributed by atoms with Crippen LogP contribution in [0.3, 0.4) is 0 Å². The normalized spacial score (nSPS) is 11.7. The molecule has 43 heteroatoms. The van der Waals surface area contributed by atoms with Crippen LogP contribution in [-0.4, -0.2) is 195 Å². The predicted molar refractivity (Wildman–Crippen MR) is 552 cm³/mol. The van der Waals surface area contributed by atoms with Gasteiger partial charge in [-0.15, -0.1) is 0 Å². The smallest absolute Gasteiger partial charge is 0.407 e. The Balaban J connectivity index is 0.000000161. The average molecular weight is 2250 g/mol. The number of pyridine rings is 5. The molecule has 0 aliphatic rings. The molecular weight excluding hydrogens is 2160 g/mol. The monoisotopic (exact) mass is 2250 g/mol. The quantitative estimate of drug-likeness (QED) is 0.0144. The lowest BCUT2D eigenvalue weighted by molar-refractivity contribution is 0.0528. The van der Waals surface area contributed by atoms with Gasteiger partial charge in [0.05, 0.1) is 38.8 Å². The van der Waals surface area contributed by atoms with Crippen molar-refractivity contribution >= 4 is 176 Å². The fraction of sp³-hybridized carbons (Fsp3) is 0.196. The maximum Gasteiger partial charge on any atom is 0.407 e. The standard InChI is InChI=1S/C30H32N4O7S2.C18H22N4O3S.C18H18N4O3S.C17H13BrN2O3S.C14H10BrIN2O2S/c1-21-7-11-25(12-8-21)43(39,40)34-23(6-5-19-35)20-27-26(15-16-31-28(27)34)22-9-13-24(14-10-22)42(37,38)33-18-17-32-29(36)41-30(2,3)4;2*19-8-10-21-26(24,25)15-5-3-13(4-6-15)16-7-9-20-18-17(16)12-14(22-18)2-1-11-23;1-12-4-6-14(7-5-12)24(22,23)20-13(3-2-10-21)11-15-16(18)8-9-19-17(15)20;1-9-2-4-10(5-3-9)21(19,20)18-13(16)8-11-12(15)6-7-17-14(11)18/h7-16,20,33,35H,17-19H2,1-4H3,(H,32,36);3-7,9,12,21,23H,1-2,8,10-11,19H2,(H,20,22);3-7,9,12,21,23H,8,10-11,19H2,(H,20,22);4-9,11,21H,10H2,1H3;2-8H,1H3. The van der Waals surface area contributed by atoms with E-state index in [4.69, 9.17) is 31.5 Å². The van der Waals surface area contributed by atoms with Crippen molar-refractivity contribution in [2.45, 2.75) is 89.4 Å². The van der Waals surface area contributed by atoms with Gasteiger partial charge >= 0.3 is 6.09 Å². The zero-order chi connectivity index (χ0) is 101. The number of nitrogens with two attached hydrogens (primary N) is 2. The number of aryl methyl sites for hydroxylation is 4. The molecule has 0 aliphatic carbocycles. The van der Waals surface area contributed by atoms with E-state index in [0.717, 1.165) is 89.8 Å². The number of alkyl carbamates (subject to hydrolysis) is 1. The molecule has 0 unspecified atom stereocenters. The number of ether oxygens (including phenoxy) is 1. The Hall–Kier alpha value is -12.3. The Morgan fingerprint density at radius 3 is 1.19 bits per heavy atom. The number of fused-ring (bicyclic) bond motifs is 5. The van der Waals surface area contributed by atoms with Crippen molar-refractivity contribution in [3.8, 4) is 68.9 Å². The number of aliphatic hydroxyl groups excluding tert-OH is 4. The molecule has 10 heterocycles. The van der Waals surface area contributed by atoms with Crippen molar-refractivity contribution in [1.29, 1.82) is 0 Å². The van der Waals surface area contributed by atoms with Crippen LogP contribution < -0.4 is 31.0 Å². The molecule has 14 N–H and O–H groups in total.